The first-order valence-corrected chi connectivity index (χ1v) is 10.1. The first-order valence-electron chi connectivity index (χ1n) is 10.1. The summed E-state index contributed by atoms with van der Waals surface area (Å²) in [5.74, 6) is 0.199. The Labute approximate surface area is 188 Å². The Morgan fingerprint density at radius 3 is 2.55 bits per heavy atom. The maximum absolute atomic E-state index is 12.6. The summed E-state index contributed by atoms with van der Waals surface area (Å²) in [6.07, 6.45) is -4.03. The van der Waals surface area contributed by atoms with Gasteiger partial charge >= 0.3 is 6.36 Å². The number of rotatable bonds is 8. The third-order valence-electron chi connectivity index (χ3n) is 4.84. The molecule has 0 amide bonds. The van der Waals surface area contributed by atoms with Crippen LogP contribution in [0.2, 0.25) is 0 Å². The molecule has 11 heteroatoms. The van der Waals surface area contributed by atoms with Crippen molar-refractivity contribution in [2.45, 2.75) is 39.6 Å². The summed E-state index contributed by atoms with van der Waals surface area (Å²) < 4.78 is 41.9. The van der Waals surface area contributed by atoms with E-state index >= 15 is 0 Å². The molecule has 0 aliphatic heterocycles. The van der Waals surface area contributed by atoms with Crippen LogP contribution in [0.25, 0.3) is 11.3 Å². The van der Waals surface area contributed by atoms with Crippen molar-refractivity contribution in [2.24, 2.45) is 0 Å². The molecule has 174 valence electrons. The van der Waals surface area contributed by atoms with Gasteiger partial charge in [0.15, 0.2) is 0 Å². The van der Waals surface area contributed by atoms with E-state index in [1.54, 1.807) is 31.2 Å². The molecule has 0 aliphatic rings. The Balaban J connectivity index is 2.03. The number of nitrogens with zero attached hydrogens (tertiary/aromatic N) is 3. The van der Waals surface area contributed by atoms with Gasteiger partial charge in [0, 0.05) is 29.4 Å². The van der Waals surface area contributed by atoms with Gasteiger partial charge in [-0.2, -0.15) is 4.98 Å². The number of ether oxygens (including phenoxy) is 1. The normalized spacial score (nSPS) is 12.2. The van der Waals surface area contributed by atoms with Crippen molar-refractivity contribution in [3.63, 3.8) is 0 Å². The quantitative estimate of drug-likeness (QED) is 0.304. The van der Waals surface area contributed by atoms with Crippen LogP contribution in [0.15, 0.2) is 48.5 Å². The van der Waals surface area contributed by atoms with Gasteiger partial charge in [0.25, 0.3) is 5.69 Å². The molecule has 0 saturated carbocycles. The standard InChI is InChI=1S/C22H22F3N5O3/c1-4-13(2)26-21-28-18(15-7-5-8-16(11-15)33-22(23,24)25)12-20(29-21)27-17-9-6-10-19(14(17)3)30(31)32/h5-13H,4H2,1-3H3,(H2,26,27,28,29)/t13-/m1/s1. The fourth-order valence-corrected chi connectivity index (χ4v) is 2.99. The highest BCUT2D eigenvalue weighted by Crippen LogP contribution is 2.31. The second kappa shape index (κ2) is 9.72. The van der Waals surface area contributed by atoms with Crippen LogP contribution < -0.4 is 15.4 Å². The minimum Gasteiger partial charge on any atom is -0.406 e. The lowest BCUT2D eigenvalue weighted by molar-refractivity contribution is -0.385. The van der Waals surface area contributed by atoms with Crippen LogP contribution in [0.3, 0.4) is 0 Å². The van der Waals surface area contributed by atoms with Crippen molar-refractivity contribution in [3.05, 3.63) is 64.2 Å². The van der Waals surface area contributed by atoms with Crippen LogP contribution in [0.5, 0.6) is 5.75 Å². The van der Waals surface area contributed by atoms with E-state index < -0.39 is 11.3 Å². The molecular formula is C22H22F3N5O3. The summed E-state index contributed by atoms with van der Waals surface area (Å²) >= 11 is 0. The molecule has 2 aromatic carbocycles. The van der Waals surface area contributed by atoms with Crippen LogP contribution in [0.4, 0.5) is 36.3 Å². The largest absolute Gasteiger partial charge is 0.573 e. The molecule has 0 aliphatic carbocycles. The van der Waals surface area contributed by atoms with E-state index in [4.69, 9.17) is 0 Å². The summed E-state index contributed by atoms with van der Waals surface area (Å²) in [7, 11) is 0. The highest BCUT2D eigenvalue weighted by Gasteiger charge is 2.31. The lowest BCUT2D eigenvalue weighted by Crippen LogP contribution is -2.17. The molecule has 3 aromatic rings. The van der Waals surface area contributed by atoms with Gasteiger partial charge in [-0.25, -0.2) is 4.98 Å². The number of nitro groups is 1. The topological polar surface area (TPSA) is 102 Å². The van der Waals surface area contributed by atoms with Gasteiger partial charge in [0.2, 0.25) is 5.95 Å². The molecule has 0 bridgehead atoms. The number of anilines is 3. The minimum absolute atomic E-state index is 0.0348. The molecule has 0 fully saturated rings. The first kappa shape index (κ1) is 23.8. The predicted octanol–water partition coefficient (Wildman–Crippen LogP) is 6.21. The fourth-order valence-electron chi connectivity index (χ4n) is 2.99. The number of hydrogen-bond acceptors (Lipinski definition) is 7. The summed E-state index contributed by atoms with van der Waals surface area (Å²) in [4.78, 5) is 19.6. The second-order valence-electron chi connectivity index (χ2n) is 7.32. The number of nitro benzene ring substituents is 1. The van der Waals surface area contributed by atoms with Crippen molar-refractivity contribution in [3.8, 4) is 17.0 Å². The molecule has 33 heavy (non-hydrogen) atoms. The molecule has 1 heterocycles. The molecule has 2 N–H and O–H groups in total. The number of nitrogens with one attached hydrogen (secondary N) is 2. The van der Waals surface area contributed by atoms with Crippen LogP contribution in [-0.4, -0.2) is 27.3 Å². The summed E-state index contributed by atoms with van der Waals surface area (Å²) in [6.45, 7) is 5.52. The Hall–Kier alpha value is -3.89. The Kier molecular flexibility index (Phi) is 7.00. The summed E-state index contributed by atoms with van der Waals surface area (Å²) in [5, 5.41) is 17.5. The third-order valence-corrected chi connectivity index (χ3v) is 4.84. The highest BCUT2D eigenvalue weighted by atomic mass is 19.4. The zero-order valence-electron chi connectivity index (χ0n) is 18.1. The van der Waals surface area contributed by atoms with Crippen molar-refractivity contribution in [1.29, 1.82) is 0 Å². The molecular weight excluding hydrogens is 439 g/mol. The van der Waals surface area contributed by atoms with Crippen LogP contribution in [-0.2, 0) is 0 Å². The number of benzene rings is 2. The predicted molar refractivity (Wildman–Crippen MR) is 119 cm³/mol. The van der Waals surface area contributed by atoms with Gasteiger partial charge in [0.05, 0.1) is 16.2 Å². The average molecular weight is 461 g/mol. The van der Waals surface area contributed by atoms with Gasteiger partial charge in [-0.1, -0.05) is 25.1 Å². The number of halogens is 3. The maximum Gasteiger partial charge on any atom is 0.573 e. The molecule has 1 atom stereocenters. The van der Waals surface area contributed by atoms with E-state index in [-0.39, 0.29) is 23.4 Å². The Bertz CT molecular complexity index is 1150. The highest BCUT2D eigenvalue weighted by molar-refractivity contribution is 5.71. The van der Waals surface area contributed by atoms with Crippen molar-refractivity contribution in [1.82, 2.24) is 9.97 Å². The summed E-state index contributed by atoms with van der Waals surface area (Å²) in [6, 6.07) is 11.6. The zero-order valence-corrected chi connectivity index (χ0v) is 18.1. The smallest absolute Gasteiger partial charge is 0.406 e. The monoisotopic (exact) mass is 461 g/mol. The fraction of sp³-hybridized carbons (Fsp3) is 0.273. The third kappa shape index (κ3) is 6.31. The lowest BCUT2D eigenvalue weighted by Gasteiger charge is -2.16. The van der Waals surface area contributed by atoms with Gasteiger partial charge in [-0.15, -0.1) is 13.2 Å². The van der Waals surface area contributed by atoms with E-state index in [9.17, 15) is 23.3 Å². The van der Waals surface area contributed by atoms with Crippen LogP contribution in [0.1, 0.15) is 25.8 Å². The van der Waals surface area contributed by atoms with Gasteiger partial charge in [-0.05, 0) is 38.5 Å². The van der Waals surface area contributed by atoms with Crippen LogP contribution >= 0.6 is 0 Å². The van der Waals surface area contributed by atoms with Crippen LogP contribution in [0, 0.1) is 17.0 Å². The van der Waals surface area contributed by atoms with Gasteiger partial charge in [-0.3, -0.25) is 10.1 Å². The molecule has 0 saturated heterocycles. The summed E-state index contributed by atoms with van der Waals surface area (Å²) in [5.41, 5.74) is 1.56. The molecule has 8 nitrogen and oxygen atoms in total. The number of hydrogen-bond donors (Lipinski definition) is 2. The SMILES string of the molecule is CC[C@@H](C)Nc1nc(Nc2cccc([N+](=O)[O-])c2C)cc(-c2cccc(OC(F)(F)F)c2)n1. The minimum atomic E-state index is -4.82. The lowest BCUT2D eigenvalue weighted by atomic mass is 10.1. The van der Waals surface area contributed by atoms with E-state index in [1.165, 1.54) is 24.3 Å². The van der Waals surface area contributed by atoms with Crippen molar-refractivity contribution in [2.75, 3.05) is 10.6 Å². The maximum atomic E-state index is 12.6. The zero-order chi connectivity index (χ0) is 24.2. The average Bonchev–Trinajstić information content (AvgIpc) is 2.73. The second-order valence-corrected chi connectivity index (χ2v) is 7.32. The van der Waals surface area contributed by atoms with Crippen molar-refractivity contribution >= 4 is 23.1 Å². The molecule has 0 spiro atoms. The van der Waals surface area contributed by atoms with E-state index in [2.05, 4.69) is 25.3 Å². The van der Waals surface area contributed by atoms with Gasteiger partial charge < -0.3 is 15.4 Å². The molecule has 0 unspecified atom stereocenters. The molecule has 3 rings (SSSR count). The van der Waals surface area contributed by atoms with Gasteiger partial charge in [0.1, 0.15) is 11.6 Å². The van der Waals surface area contributed by atoms with E-state index in [0.29, 0.717) is 28.3 Å². The Morgan fingerprint density at radius 2 is 1.88 bits per heavy atom. The molecule has 1 aromatic heterocycles. The van der Waals surface area contributed by atoms with E-state index in [1.807, 2.05) is 13.8 Å². The first-order chi connectivity index (χ1) is 15.6. The number of aromatic nitrogens is 2. The van der Waals surface area contributed by atoms with Crippen molar-refractivity contribution < 1.29 is 22.8 Å². The number of alkyl halides is 3. The Morgan fingerprint density at radius 1 is 1.15 bits per heavy atom. The molecule has 0 radical (unpaired) electrons. The van der Waals surface area contributed by atoms with E-state index in [0.717, 1.165) is 6.42 Å².